The zero-order valence-corrected chi connectivity index (χ0v) is 11.0. The summed E-state index contributed by atoms with van der Waals surface area (Å²) in [4.78, 5) is 4.08. The minimum atomic E-state index is -0.733. The van der Waals surface area contributed by atoms with E-state index in [4.69, 9.17) is 5.84 Å². The zero-order valence-electron chi connectivity index (χ0n) is 9.39. The molecular formula is C10H13BrF2N4. The van der Waals surface area contributed by atoms with Crippen molar-refractivity contribution in [3.63, 3.8) is 0 Å². The van der Waals surface area contributed by atoms with Crippen LogP contribution in [0.25, 0.3) is 0 Å². The zero-order chi connectivity index (χ0) is 13.0. The van der Waals surface area contributed by atoms with Crippen molar-refractivity contribution in [1.82, 2.24) is 5.43 Å². The van der Waals surface area contributed by atoms with Crippen molar-refractivity contribution < 1.29 is 8.78 Å². The van der Waals surface area contributed by atoms with Crippen molar-refractivity contribution in [2.75, 3.05) is 5.32 Å². The van der Waals surface area contributed by atoms with Gasteiger partial charge in [-0.05, 0) is 35.8 Å². The van der Waals surface area contributed by atoms with Crippen LogP contribution in [-0.2, 0) is 0 Å². The van der Waals surface area contributed by atoms with E-state index in [1.54, 1.807) is 0 Å². The van der Waals surface area contributed by atoms with Crippen LogP contribution < -0.4 is 16.6 Å². The van der Waals surface area contributed by atoms with E-state index in [2.05, 4.69) is 31.7 Å². The number of nitrogens with two attached hydrogens (primary N) is 1. The molecule has 1 aromatic rings. The standard InChI is InChI=1S/C10H13BrF2N4/c1-5(2)15-10(17-14)16-9-7(11)3-6(12)4-8(9)13/h3-5H,14H2,1-2H3,(H2,15,16,17). The molecule has 0 heterocycles. The van der Waals surface area contributed by atoms with Crippen molar-refractivity contribution in [2.45, 2.75) is 19.9 Å². The Kier molecular flexibility index (Phi) is 4.83. The van der Waals surface area contributed by atoms with Gasteiger partial charge in [-0.2, -0.15) is 0 Å². The smallest absolute Gasteiger partial charge is 0.210 e. The second-order valence-corrected chi connectivity index (χ2v) is 4.44. The molecule has 0 unspecified atom stereocenters. The number of hydrogen-bond acceptors (Lipinski definition) is 2. The van der Waals surface area contributed by atoms with Crippen LogP contribution in [0.15, 0.2) is 21.6 Å². The van der Waals surface area contributed by atoms with E-state index < -0.39 is 11.6 Å². The van der Waals surface area contributed by atoms with Gasteiger partial charge in [0.25, 0.3) is 0 Å². The second kappa shape index (κ2) is 5.92. The molecule has 1 aromatic carbocycles. The van der Waals surface area contributed by atoms with E-state index in [1.165, 1.54) is 0 Å². The quantitative estimate of drug-likeness (QED) is 0.340. The number of hydrazine groups is 1. The minimum Gasteiger partial charge on any atom is -0.322 e. The highest BCUT2D eigenvalue weighted by Crippen LogP contribution is 2.26. The summed E-state index contributed by atoms with van der Waals surface area (Å²) in [5.41, 5.74) is 2.38. The third kappa shape index (κ3) is 3.94. The van der Waals surface area contributed by atoms with Crippen LogP contribution in [0.5, 0.6) is 0 Å². The fraction of sp³-hybridized carbons (Fsp3) is 0.300. The summed E-state index contributed by atoms with van der Waals surface area (Å²) in [5.74, 6) is 4.05. The molecule has 0 aliphatic rings. The van der Waals surface area contributed by atoms with E-state index in [0.29, 0.717) is 0 Å². The summed E-state index contributed by atoms with van der Waals surface area (Å²) in [5, 5.41) is 2.65. The average molecular weight is 307 g/mol. The maximum atomic E-state index is 13.5. The molecule has 94 valence electrons. The molecular weight excluding hydrogens is 294 g/mol. The molecule has 0 saturated carbocycles. The molecule has 0 aliphatic carbocycles. The summed E-state index contributed by atoms with van der Waals surface area (Å²) in [7, 11) is 0. The topological polar surface area (TPSA) is 62.4 Å². The van der Waals surface area contributed by atoms with Crippen molar-refractivity contribution >= 4 is 27.6 Å². The van der Waals surface area contributed by atoms with E-state index in [1.807, 2.05) is 13.8 Å². The molecule has 0 aromatic heterocycles. The Balaban J connectivity index is 3.02. The number of rotatable bonds is 2. The highest BCUT2D eigenvalue weighted by Gasteiger charge is 2.11. The number of nitrogens with one attached hydrogen (secondary N) is 2. The van der Waals surface area contributed by atoms with Gasteiger partial charge in [0.1, 0.15) is 5.82 Å². The van der Waals surface area contributed by atoms with E-state index >= 15 is 0 Å². The Labute approximate surface area is 106 Å². The molecule has 0 atom stereocenters. The Morgan fingerprint density at radius 3 is 2.53 bits per heavy atom. The first kappa shape index (κ1) is 13.9. The number of hydrogen-bond donors (Lipinski definition) is 3. The summed E-state index contributed by atoms with van der Waals surface area (Å²) in [6.07, 6.45) is 0. The minimum absolute atomic E-state index is 0.0177. The Bertz CT molecular complexity index is 411. The monoisotopic (exact) mass is 306 g/mol. The maximum Gasteiger partial charge on any atom is 0.210 e. The van der Waals surface area contributed by atoms with E-state index in [0.717, 1.165) is 12.1 Å². The lowest BCUT2D eigenvalue weighted by Gasteiger charge is -2.12. The molecule has 4 N–H and O–H groups in total. The summed E-state index contributed by atoms with van der Waals surface area (Å²) < 4.78 is 26.6. The van der Waals surface area contributed by atoms with Crippen LogP contribution in [0.2, 0.25) is 0 Å². The number of guanidine groups is 1. The fourth-order valence-electron chi connectivity index (χ4n) is 1.14. The highest BCUT2D eigenvalue weighted by atomic mass is 79.9. The molecule has 0 aliphatic heterocycles. The van der Waals surface area contributed by atoms with Gasteiger partial charge in [-0.3, -0.25) is 5.43 Å². The first-order valence-corrected chi connectivity index (χ1v) is 5.69. The predicted molar refractivity (Wildman–Crippen MR) is 67.6 cm³/mol. The second-order valence-electron chi connectivity index (χ2n) is 3.59. The predicted octanol–water partition coefficient (Wildman–Crippen LogP) is 2.37. The van der Waals surface area contributed by atoms with Crippen molar-refractivity contribution in [3.8, 4) is 0 Å². The molecule has 0 fully saturated rings. The SMILES string of the molecule is CC(C)N=C(NN)Nc1c(F)cc(F)cc1Br. The Hall–Kier alpha value is -1.21. The largest absolute Gasteiger partial charge is 0.322 e. The van der Waals surface area contributed by atoms with Crippen LogP contribution in [0.3, 0.4) is 0 Å². The number of aliphatic imine (C=N–C) groups is 1. The first-order valence-electron chi connectivity index (χ1n) is 4.90. The van der Waals surface area contributed by atoms with Gasteiger partial charge in [0, 0.05) is 16.6 Å². The van der Waals surface area contributed by atoms with Gasteiger partial charge >= 0.3 is 0 Å². The number of nitrogens with zero attached hydrogens (tertiary/aromatic N) is 1. The van der Waals surface area contributed by atoms with Crippen molar-refractivity contribution in [3.05, 3.63) is 28.2 Å². The van der Waals surface area contributed by atoms with Gasteiger partial charge in [0.05, 0.1) is 5.69 Å². The summed E-state index contributed by atoms with van der Waals surface area (Å²) >= 11 is 3.06. The van der Waals surface area contributed by atoms with Gasteiger partial charge in [-0.25, -0.2) is 19.6 Å². The molecule has 1 rings (SSSR count). The molecule has 0 saturated heterocycles. The average Bonchev–Trinajstić information content (AvgIpc) is 2.20. The van der Waals surface area contributed by atoms with Crippen LogP contribution >= 0.6 is 15.9 Å². The van der Waals surface area contributed by atoms with Gasteiger partial charge in [-0.1, -0.05) is 0 Å². The normalized spacial score (nSPS) is 11.8. The van der Waals surface area contributed by atoms with Gasteiger partial charge in [0.15, 0.2) is 5.82 Å². The maximum absolute atomic E-state index is 13.5. The number of benzene rings is 1. The van der Waals surface area contributed by atoms with Gasteiger partial charge in [-0.15, -0.1) is 0 Å². The first-order chi connectivity index (χ1) is 7.93. The van der Waals surface area contributed by atoms with Gasteiger partial charge < -0.3 is 5.32 Å². The Morgan fingerprint density at radius 1 is 1.41 bits per heavy atom. The van der Waals surface area contributed by atoms with Gasteiger partial charge in [0.2, 0.25) is 5.96 Å². The summed E-state index contributed by atoms with van der Waals surface area (Å²) in [6.45, 7) is 3.68. The van der Waals surface area contributed by atoms with Crippen molar-refractivity contribution in [2.24, 2.45) is 10.8 Å². The third-order valence-electron chi connectivity index (χ3n) is 1.77. The molecule has 0 bridgehead atoms. The van der Waals surface area contributed by atoms with Crippen molar-refractivity contribution in [1.29, 1.82) is 0 Å². The highest BCUT2D eigenvalue weighted by molar-refractivity contribution is 9.10. The molecule has 0 radical (unpaired) electrons. The number of anilines is 1. The molecule has 0 amide bonds. The third-order valence-corrected chi connectivity index (χ3v) is 2.40. The lowest BCUT2D eigenvalue weighted by Crippen LogP contribution is -2.37. The van der Waals surface area contributed by atoms with Crippen LogP contribution in [-0.4, -0.2) is 12.0 Å². The van der Waals surface area contributed by atoms with Crippen LogP contribution in [0.1, 0.15) is 13.8 Å². The van der Waals surface area contributed by atoms with E-state index in [-0.39, 0.29) is 22.2 Å². The fourth-order valence-corrected chi connectivity index (χ4v) is 1.65. The lowest BCUT2D eigenvalue weighted by molar-refractivity contribution is 0.584. The van der Waals surface area contributed by atoms with E-state index in [9.17, 15) is 8.78 Å². The lowest BCUT2D eigenvalue weighted by atomic mass is 10.3. The number of halogens is 3. The molecule has 0 spiro atoms. The van der Waals surface area contributed by atoms with Crippen LogP contribution in [0, 0.1) is 11.6 Å². The van der Waals surface area contributed by atoms with Crippen LogP contribution in [0.4, 0.5) is 14.5 Å². The molecule has 17 heavy (non-hydrogen) atoms. The molecule has 4 nitrogen and oxygen atoms in total. The summed E-state index contributed by atoms with van der Waals surface area (Å²) in [6, 6.07) is 1.90. The molecule has 7 heteroatoms. The Morgan fingerprint density at radius 2 is 2.06 bits per heavy atom.